The number of methoxy groups -OCH3 is 1. The summed E-state index contributed by atoms with van der Waals surface area (Å²) in [4.78, 5) is 31.8. The summed E-state index contributed by atoms with van der Waals surface area (Å²) in [5.74, 6) is 1.17. The predicted octanol–water partition coefficient (Wildman–Crippen LogP) is 4.18. The molecule has 6 nitrogen and oxygen atoms in total. The van der Waals surface area contributed by atoms with Gasteiger partial charge in [-0.25, -0.2) is 4.98 Å². The van der Waals surface area contributed by atoms with Gasteiger partial charge in [0.15, 0.2) is 5.13 Å². The topological polar surface area (TPSA) is 71.5 Å². The summed E-state index contributed by atoms with van der Waals surface area (Å²) in [7, 11) is 1.63. The van der Waals surface area contributed by atoms with Crippen LogP contribution in [0.25, 0.3) is 11.3 Å². The number of carbonyl (C=O) groups excluding carboxylic acids is 2. The van der Waals surface area contributed by atoms with Crippen LogP contribution in [0.5, 0.6) is 5.75 Å². The first-order valence-corrected chi connectivity index (χ1v) is 11.1. The molecule has 2 fully saturated rings. The molecule has 1 aliphatic carbocycles. The largest absolute Gasteiger partial charge is 0.496 e. The molecule has 2 amide bonds. The van der Waals surface area contributed by atoms with E-state index >= 15 is 0 Å². The van der Waals surface area contributed by atoms with Crippen molar-refractivity contribution >= 4 is 28.3 Å². The fourth-order valence-corrected chi connectivity index (χ4v) is 5.05. The Balaban J connectivity index is 1.39. The normalized spacial score (nSPS) is 24.6. The molecule has 0 spiro atoms. The highest BCUT2D eigenvalue weighted by Gasteiger charge is 2.38. The van der Waals surface area contributed by atoms with E-state index in [4.69, 9.17) is 4.74 Å². The van der Waals surface area contributed by atoms with E-state index < -0.39 is 0 Å². The Kier molecular flexibility index (Phi) is 5.85. The first-order valence-electron chi connectivity index (χ1n) is 10.2. The monoisotopic (exact) mass is 413 g/mol. The maximum absolute atomic E-state index is 12.8. The second kappa shape index (κ2) is 8.53. The van der Waals surface area contributed by atoms with Gasteiger partial charge in [-0.05, 0) is 43.7 Å². The zero-order valence-corrected chi connectivity index (χ0v) is 17.7. The van der Waals surface area contributed by atoms with Gasteiger partial charge in [-0.3, -0.25) is 9.59 Å². The molecule has 154 valence electrons. The number of carbonyl (C=O) groups is 2. The number of rotatable bonds is 5. The van der Waals surface area contributed by atoms with Gasteiger partial charge >= 0.3 is 0 Å². The van der Waals surface area contributed by atoms with Gasteiger partial charge in [0, 0.05) is 30.0 Å². The fraction of sp³-hybridized carbons (Fsp3) is 0.500. The summed E-state index contributed by atoms with van der Waals surface area (Å²) < 4.78 is 5.39. The molecule has 2 aliphatic rings. The number of likely N-dealkylation sites (tertiary alicyclic amines) is 1. The maximum atomic E-state index is 12.8. The zero-order valence-electron chi connectivity index (χ0n) is 16.9. The van der Waals surface area contributed by atoms with Gasteiger partial charge in [0.05, 0.1) is 18.7 Å². The minimum absolute atomic E-state index is 0.110. The number of para-hydroxylation sites is 1. The van der Waals surface area contributed by atoms with Gasteiger partial charge in [-0.1, -0.05) is 19.1 Å². The van der Waals surface area contributed by atoms with Crippen molar-refractivity contribution in [1.29, 1.82) is 0 Å². The molecule has 1 atom stereocenters. The number of anilines is 1. The maximum Gasteiger partial charge on any atom is 0.231 e. The Morgan fingerprint density at radius 3 is 2.76 bits per heavy atom. The minimum Gasteiger partial charge on any atom is -0.496 e. The average Bonchev–Trinajstić information content (AvgIpc) is 3.35. The minimum atomic E-state index is -0.305. The number of nitrogens with one attached hydrogen (secondary N) is 1. The third-order valence-electron chi connectivity index (χ3n) is 6.07. The molecule has 2 aromatic rings. The number of ether oxygens (including phenoxy) is 1. The Morgan fingerprint density at radius 2 is 2.00 bits per heavy atom. The van der Waals surface area contributed by atoms with E-state index in [0.29, 0.717) is 24.1 Å². The van der Waals surface area contributed by atoms with Crippen LogP contribution in [0.2, 0.25) is 0 Å². The number of hydrogen-bond acceptors (Lipinski definition) is 5. The summed E-state index contributed by atoms with van der Waals surface area (Å²) in [6.45, 7) is 2.79. The number of amides is 2. The van der Waals surface area contributed by atoms with Crippen LogP contribution in [0.4, 0.5) is 5.13 Å². The molecule has 4 rings (SSSR count). The van der Waals surface area contributed by atoms with Crippen LogP contribution in [0.3, 0.4) is 0 Å². The van der Waals surface area contributed by atoms with Gasteiger partial charge < -0.3 is 15.0 Å². The van der Waals surface area contributed by atoms with Crippen molar-refractivity contribution in [2.75, 3.05) is 19.0 Å². The summed E-state index contributed by atoms with van der Waals surface area (Å²) >= 11 is 1.38. The lowest BCUT2D eigenvalue weighted by Crippen LogP contribution is -2.39. The van der Waals surface area contributed by atoms with Crippen LogP contribution in [-0.4, -0.2) is 41.4 Å². The third-order valence-corrected chi connectivity index (χ3v) is 6.83. The number of thiazole rings is 1. The molecule has 0 radical (unpaired) electrons. The van der Waals surface area contributed by atoms with E-state index in [9.17, 15) is 9.59 Å². The highest BCUT2D eigenvalue weighted by molar-refractivity contribution is 7.14. The SMILES string of the molecule is COc1ccccc1-c1csc(NC(=O)C2CC(=O)N(C3CCC(C)CC3)C2)n1. The molecule has 1 saturated heterocycles. The number of hydrogen-bond donors (Lipinski definition) is 1. The Hall–Kier alpha value is -2.41. The van der Waals surface area contributed by atoms with E-state index in [1.807, 2.05) is 34.5 Å². The highest BCUT2D eigenvalue weighted by Crippen LogP contribution is 2.34. The van der Waals surface area contributed by atoms with Crippen molar-refractivity contribution in [1.82, 2.24) is 9.88 Å². The molecule has 2 heterocycles. The Bertz CT molecular complexity index is 889. The van der Waals surface area contributed by atoms with Crippen LogP contribution in [-0.2, 0) is 9.59 Å². The molecule has 1 aromatic carbocycles. The molecule has 7 heteroatoms. The smallest absolute Gasteiger partial charge is 0.231 e. The summed E-state index contributed by atoms with van der Waals surface area (Å²) in [5.41, 5.74) is 1.66. The van der Waals surface area contributed by atoms with Crippen molar-refractivity contribution < 1.29 is 14.3 Å². The predicted molar refractivity (Wildman–Crippen MR) is 114 cm³/mol. The van der Waals surface area contributed by atoms with Crippen molar-refractivity contribution in [2.24, 2.45) is 11.8 Å². The van der Waals surface area contributed by atoms with E-state index in [1.54, 1.807) is 7.11 Å². The van der Waals surface area contributed by atoms with Crippen molar-refractivity contribution in [2.45, 2.75) is 45.1 Å². The van der Waals surface area contributed by atoms with E-state index in [2.05, 4.69) is 17.2 Å². The fourth-order valence-electron chi connectivity index (χ4n) is 4.33. The second-order valence-electron chi connectivity index (χ2n) is 8.09. The molecule has 1 N–H and O–H groups in total. The van der Waals surface area contributed by atoms with Gasteiger partial charge in [0.2, 0.25) is 11.8 Å². The Morgan fingerprint density at radius 1 is 1.24 bits per heavy atom. The van der Waals surface area contributed by atoms with Crippen molar-refractivity contribution in [3.63, 3.8) is 0 Å². The number of aromatic nitrogens is 1. The molecule has 29 heavy (non-hydrogen) atoms. The van der Waals surface area contributed by atoms with E-state index in [-0.39, 0.29) is 17.7 Å². The highest BCUT2D eigenvalue weighted by atomic mass is 32.1. The number of benzene rings is 1. The summed E-state index contributed by atoms with van der Waals surface area (Å²) in [6.07, 6.45) is 4.72. The van der Waals surface area contributed by atoms with E-state index in [1.165, 1.54) is 11.3 Å². The number of nitrogens with zero attached hydrogens (tertiary/aromatic N) is 2. The van der Waals surface area contributed by atoms with Crippen molar-refractivity contribution in [3.05, 3.63) is 29.6 Å². The third kappa shape index (κ3) is 4.29. The first-order chi connectivity index (χ1) is 14.0. The van der Waals surface area contributed by atoms with Crippen LogP contribution in [0.1, 0.15) is 39.0 Å². The lowest BCUT2D eigenvalue weighted by Gasteiger charge is -2.33. The average molecular weight is 414 g/mol. The van der Waals surface area contributed by atoms with Crippen LogP contribution in [0, 0.1) is 11.8 Å². The van der Waals surface area contributed by atoms with Crippen LogP contribution < -0.4 is 10.1 Å². The second-order valence-corrected chi connectivity index (χ2v) is 8.95. The van der Waals surface area contributed by atoms with Gasteiger partial charge in [0.1, 0.15) is 5.75 Å². The lowest BCUT2D eigenvalue weighted by atomic mass is 9.87. The lowest BCUT2D eigenvalue weighted by molar-refractivity contribution is -0.130. The molecule has 0 bridgehead atoms. The molecule has 1 aliphatic heterocycles. The van der Waals surface area contributed by atoms with Crippen LogP contribution >= 0.6 is 11.3 Å². The molecule has 1 saturated carbocycles. The molecular formula is C22H27N3O3S. The summed E-state index contributed by atoms with van der Waals surface area (Å²) in [5, 5.41) is 5.37. The first kappa shape index (κ1) is 19.9. The molecule has 1 unspecified atom stereocenters. The van der Waals surface area contributed by atoms with E-state index in [0.717, 1.165) is 48.6 Å². The standard InChI is InChI=1S/C22H27N3O3S/c1-14-7-9-16(10-8-14)25-12-15(11-20(25)26)21(27)24-22-23-18(13-29-22)17-5-3-4-6-19(17)28-2/h3-6,13-16H,7-12H2,1-2H3,(H,23,24,27). The van der Waals surface area contributed by atoms with Gasteiger partial charge in [-0.15, -0.1) is 11.3 Å². The van der Waals surface area contributed by atoms with Gasteiger partial charge in [-0.2, -0.15) is 0 Å². The van der Waals surface area contributed by atoms with Gasteiger partial charge in [0.25, 0.3) is 0 Å². The molecule has 1 aromatic heterocycles. The molecular weight excluding hydrogens is 386 g/mol. The zero-order chi connectivity index (χ0) is 20.4. The van der Waals surface area contributed by atoms with Crippen LogP contribution in [0.15, 0.2) is 29.6 Å². The summed E-state index contributed by atoms with van der Waals surface area (Å²) in [6, 6.07) is 7.97. The van der Waals surface area contributed by atoms with Crippen molar-refractivity contribution in [3.8, 4) is 17.0 Å². The quantitative estimate of drug-likeness (QED) is 0.798. The Labute approximate surface area is 175 Å².